The van der Waals surface area contributed by atoms with Gasteiger partial charge in [-0.3, -0.25) is 9.59 Å². The van der Waals surface area contributed by atoms with E-state index in [1.807, 2.05) is 38.1 Å². The second-order valence-corrected chi connectivity index (χ2v) is 5.30. The average molecular weight is 295 g/mol. The standard InChI is InChI=1S/C17H17N3O2/c1-9-14(19-10(2)15(9)17(22)18-3)8-12-11-6-4-5-7-13(11)20-16(12)21/h4-8,19H,1-3H3,(H,18,22)(H,20,21)/b12-8-. The maximum Gasteiger partial charge on any atom is 0.256 e. The SMILES string of the molecule is CNC(=O)c1c(C)[nH]c(/C=C2\C(=O)Nc3ccccc32)c1C. The van der Waals surface area contributed by atoms with Crippen LogP contribution in [0.4, 0.5) is 5.69 Å². The highest BCUT2D eigenvalue weighted by Gasteiger charge is 2.24. The number of amides is 2. The van der Waals surface area contributed by atoms with Crippen molar-refractivity contribution in [3.63, 3.8) is 0 Å². The van der Waals surface area contributed by atoms with Gasteiger partial charge in [-0.25, -0.2) is 0 Å². The average Bonchev–Trinajstić information content (AvgIpc) is 2.96. The highest BCUT2D eigenvalue weighted by Crippen LogP contribution is 2.33. The predicted octanol–water partition coefficient (Wildman–Crippen LogP) is 2.48. The van der Waals surface area contributed by atoms with Crippen molar-refractivity contribution >= 4 is 29.2 Å². The molecule has 2 aromatic rings. The van der Waals surface area contributed by atoms with E-state index >= 15 is 0 Å². The third-order valence-electron chi connectivity index (χ3n) is 3.93. The zero-order valence-electron chi connectivity index (χ0n) is 12.7. The Hall–Kier alpha value is -2.82. The van der Waals surface area contributed by atoms with E-state index in [9.17, 15) is 9.59 Å². The number of aromatic amines is 1. The van der Waals surface area contributed by atoms with Crippen LogP contribution in [0.5, 0.6) is 0 Å². The first-order chi connectivity index (χ1) is 10.5. The van der Waals surface area contributed by atoms with E-state index in [0.29, 0.717) is 11.1 Å². The van der Waals surface area contributed by atoms with Crippen molar-refractivity contribution in [1.82, 2.24) is 10.3 Å². The first kappa shape index (κ1) is 14.1. The molecule has 0 spiro atoms. The van der Waals surface area contributed by atoms with Crippen LogP contribution in [0, 0.1) is 13.8 Å². The van der Waals surface area contributed by atoms with Crippen LogP contribution in [-0.4, -0.2) is 23.8 Å². The fraction of sp³-hybridized carbons (Fsp3) is 0.176. The molecule has 0 radical (unpaired) electrons. The smallest absolute Gasteiger partial charge is 0.256 e. The Bertz CT molecular complexity index is 815. The summed E-state index contributed by atoms with van der Waals surface area (Å²) < 4.78 is 0. The molecule has 0 unspecified atom stereocenters. The molecule has 1 aliphatic heterocycles. The molecular weight excluding hydrogens is 278 g/mol. The van der Waals surface area contributed by atoms with E-state index in [1.54, 1.807) is 13.1 Å². The maximum absolute atomic E-state index is 12.2. The number of carbonyl (C=O) groups excluding carboxylic acids is 2. The quantitative estimate of drug-likeness (QED) is 0.745. The van der Waals surface area contributed by atoms with E-state index in [-0.39, 0.29) is 11.8 Å². The number of para-hydroxylation sites is 1. The molecule has 22 heavy (non-hydrogen) atoms. The zero-order valence-corrected chi connectivity index (χ0v) is 12.7. The largest absolute Gasteiger partial charge is 0.358 e. The van der Waals surface area contributed by atoms with Gasteiger partial charge in [-0.1, -0.05) is 18.2 Å². The first-order valence-electron chi connectivity index (χ1n) is 7.06. The Labute approximate surface area is 128 Å². The van der Waals surface area contributed by atoms with Gasteiger partial charge in [0, 0.05) is 29.7 Å². The minimum Gasteiger partial charge on any atom is -0.358 e. The summed E-state index contributed by atoms with van der Waals surface area (Å²) in [6.45, 7) is 3.72. The molecule has 5 nitrogen and oxygen atoms in total. The van der Waals surface area contributed by atoms with E-state index in [2.05, 4.69) is 15.6 Å². The highest BCUT2D eigenvalue weighted by molar-refractivity contribution is 6.34. The number of aryl methyl sites for hydroxylation is 1. The van der Waals surface area contributed by atoms with E-state index in [4.69, 9.17) is 0 Å². The lowest BCUT2D eigenvalue weighted by Crippen LogP contribution is -2.19. The molecule has 3 N–H and O–H groups in total. The van der Waals surface area contributed by atoms with Gasteiger partial charge in [0.05, 0.1) is 11.1 Å². The summed E-state index contributed by atoms with van der Waals surface area (Å²) in [6.07, 6.45) is 1.80. The van der Waals surface area contributed by atoms with Crippen LogP contribution in [-0.2, 0) is 4.79 Å². The number of aromatic nitrogens is 1. The molecule has 5 heteroatoms. The summed E-state index contributed by atoms with van der Waals surface area (Å²) in [7, 11) is 1.60. The number of hydrogen-bond donors (Lipinski definition) is 3. The lowest BCUT2D eigenvalue weighted by molar-refractivity contribution is -0.110. The fourth-order valence-electron chi connectivity index (χ4n) is 2.81. The van der Waals surface area contributed by atoms with Crippen molar-refractivity contribution in [1.29, 1.82) is 0 Å². The third-order valence-corrected chi connectivity index (χ3v) is 3.93. The van der Waals surface area contributed by atoms with Crippen molar-refractivity contribution in [3.8, 4) is 0 Å². The van der Waals surface area contributed by atoms with E-state index in [0.717, 1.165) is 28.2 Å². The first-order valence-corrected chi connectivity index (χ1v) is 7.06. The molecule has 1 aromatic heterocycles. The number of nitrogens with one attached hydrogen (secondary N) is 3. The van der Waals surface area contributed by atoms with Crippen LogP contribution in [0.1, 0.15) is 32.9 Å². The van der Waals surface area contributed by atoms with Gasteiger partial charge in [0.15, 0.2) is 0 Å². The molecule has 2 heterocycles. The van der Waals surface area contributed by atoms with Crippen LogP contribution >= 0.6 is 0 Å². The molecule has 1 aromatic carbocycles. The lowest BCUT2D eigenvalue weighted by atomic mass is 10.0. The number of fused-ring (bicyclic) bond motifs is 1. The number of H-pyrrole nitrogens is 1. The van der Waals surface area contributed by atoms with Gasteiger partial charge in [-0.05, 0) is 31.6 Å². The normalized spacial score (nSPS) is 14.9. The monoisotopic (exact) mass is 295 g/mol. The molecule has 2 amide bonds. The molecule has 112 valence electrons. The van der Waals surface area contributed by atoms with Crippen LogP contribution in [0.25, 0.3) is 11.6 Å². The Kier molecular flexibility index (Phi) is 3.33. The summed E-state index contributed by atoms with van der Waals surface area (Å²) >= 11 is 0. The summed E-state index contributed by atoms with van der Waals surface area (Å²) in [4.78, 5) is 27.3. The summed E-state index contributed by atoms with van der Waals surface area (Å²) in [5, 5.41) is 5.48. The molecule has 0 atom stereocenters. The molecular formula is C17H17N3O2. The third kappa shape index (κ3) is 2.11. The van der Waals surface area contributed by atoms with Crippen LogP contribution < -0.4 is 10.6 Å². The van der Waals surface area contributed by atoms with Crippen molar-refractivity contribution in [2.75, 3.05) is 12.4 Å². The number of benzene rings is 1. The molecule has 0 bridgehead atoms. The molecule has 1 aliphatic rings. The molecule has 0 fully saturated rings. The Morgan fingerprint density at radius 1 is 1.23 bits per heavy atom. The van der Waals surface area contributed by atoms with Gasteiger partial charge >= 0.3 is 0 Å². The predicted molar refractivity (Wildman–Crippen MR) is 86.6 cm³/mol. The van der Waals surface area contributed by atoms with Gasteiger partial charge in [0.25, 0.3) is 11.8 Å². The van der Waals surface area contributed by atoms with Crippen LogP contribution in [0.3, 0.4) is 0 Å². The van der Waals surface area contributed by atoms with Gasteiger partial charge in [0.2, 0.25) is 0 Å². The minimum absolute atomic E-state index is 0.130. The van der Waals surface area contributed by atoms with Gasteiger partial charge in [-0.2, -0.15) is 0 Å². The fourth-order valence-corrected chi connectivity index (χ4v) is 2.81. The number of carbonyl (C=O) groups is 2. The summed E-state index contributed by atoms with van der Waals surface area (Å²) in [5.74, 6) is -0.262. The lowest BCUT2D eigenvalue weighted by Gasteiger charge is -2.00. The molecule has 0 aliphatic carbocycles. The van der Waals surface area contributed by atoms with Crippen molar-refractivity contribution < 1.29 is 9.59 Å². The Morgan fingerprint density at radius 2 is 1.95 bits per heavy atom. The van der Waals surface area contributed by atoms with E-state index in [1.165, 1.54) is 0 Å². The topological polar surface area (TPSA) is 74.0 Å². The molecule has 3 rings (SSSR count). The van der Waals surface area contributed by atoms with Gasteiger partial charge < -0.3 is 15.6 Å². The van der Waals surface area contributed by atoms with Gasteiger partial charge in [0.1, 0.15) is 0 Å². The maximum atomic E-state index is 12.2. The molecule has 0 saturated heterocycles. The second kappa shape index (κ2) is 5.18. The van der Waals surface area contributed by atoms with Crippen molar-refractivity contribution in [2.45, 2.75) is 13.8 Å². The van der Waals surface area contributed by atoms with Crippen molar-refractivity contribution in [3.05, 3.63) is 52.3 Å². The Morgan fingerprint density at radius 3 is 2.68 bits per heavy atom. The number of anilines is 1. The highest BCUT2D eigenvalue weighted by atomic mass is 16.2. The number of rotatable bonds is 2. The van der Waals surface area contributed by atoms with Crippen molar-refractivity contribution in [2.24, 2.45) is 0 Å². The molecule has 0 saturated carbocycles. The second-order valence-electron chi connectivity index (χ2n) is 5.30. The zero-order chi connectivity index (χ0) is 15.9. The summed E-state index contributed by atoms with van der Waals surface area (Å²) in [6, 6.07) is 7.56. The number of hydrogen-bond acceptors (Lipinski definition) is 2. The van der Waals surface area contributed by atoms with E-state index < -0.39 is 0 Å². The van der Waals surface area contributed by atoms with Crippen LogP contribution in [0.2, 0.25) is 0 Å². The van der Waals surface area contributed by atoms with Crippen LogP contribution in [0.15, 0.2) is 24.3 Å². The Balaban J connectivity index is 2.11. The van der Waals surface area contributed by atoms with Gasteiger partial charge in [-0.15, -0.1) is 0 Å². The summed E-state index contributed by atoms with van der Waals surface area (Å²) in [5.41, 5.74) is 5.31. The minimum atomic E-state index is -0.132.